The van der Waals surface area contributed by atoms with Crippen molar-refractivity contribution in [2.24, 2.45) is 5.92 Å². The van der Waals surface area contributed by atoms with Crippen LogP contribution in [0.5, 0.6) is 0 Å². The summed E-state index contributed by atoms with van der Waals surface area (Å²) in [4.78, 5) is 0. The molecule has 0 heterocycles. The Labute approximate surface area is 130 Å². The summed E-state index contributed by atoms with van der Waals surface area (Å²) < 4.78 is 5.84. The molecule has 0 amide bonds. The number of halogens is 1. The molecule has 2 rings (SSSR count). The van der Waals surface area contributed by atoms with Crippen molar-refractivity contribution in [3.05, 3.63) is 71.3 Å². The van der Waals surface area contributed by atoms with Crippen molar-refractivity contribution in [3.8, 4) is 0 Å². The van der Waals surface area contributed by atoms with Gasteiger partial charge in [0, 0.05) is 5.33 Å². The van der Waals surface area contributed by atoms with Crippen LogP contribution in [-0.2, 0) is 17.8 Å². The monoisotopic (exact) mass is 332 g/mol. The highest BCUT2D eigenvalue weighted by molar-refractivity contribution is 9.09. The summed E-state index contributed by atoms with van der Waals surface area (Å²) in [7, 11) is 0. The van der Waals surface area contributed by atoms with Crippen LogP contribution in [0.1, 0.15) is 16.7 Å². The highest BCUT2D eigenvalue weighted by Gasteiger charge is 2.08. The second-order valence-electron chi connectivity index (χ2n) is 5.21. The van der Waals surface area contributed by atoms with Gasteiger partial charge in [-0.05, 0) is 30.4 Å². The van der Waals surface area contributed by atoms with Crippen molar-refractivity contribution in [2.75, 3.05) is 11.9 Å². The average molecular weight is 333 g/mol. The van der Waals surface area contributed by atoms with Crippen molar-refractivity contribution in [3.63, 3.8) is 0 Å². The second kappa shape index (κ2) is 8.23. The quantitative estimate of drug-likeness (QED) is 0.664. The molecule has 106 valence electrons. The second-order valence-corrected chi connectivity index (χ2v) is 5.86. The minimum atomic E-state index is 0.515. The van der Waals surface area contributed by atoms with E-state index in [0.29, 0.717) is 12.5 Å². The van der Waals surface area contributed by atoms with E-state index in [1.165, 1.54) is 16.7 Å². The maximum absolute atomic E-state index is 5.84. The molecule has 0 N–H and O–H groups in total. The van der Waals surface area contributed by atoms with Crippen LogP contribution in [0.25, 0.3) is 0 Å². The maximum atomic E-state index is 5.84. The van der Waals surface area contributed by atoms with Gasteiger partial charge in [0.1, 0.15) is 0 Å². The van der Waals surface area contributed by atoms with Crippen molar-refractivity contribution in [1.82, 2.24) is 0 Å². The summed E-state index contributed by atoms with van der Waals surface area (Å²) >= 11 is 3.59. The highest BCUT2D eigenvalue weighted by atomic mass is 79.9. The first kappa shape index (κ1) is 15.3. The van der Waals surface area contributed by atoms with Gasteiger partial charge in [0.15, 0.2) is 0 Å². The van der Waals surface area contributed by atoms with Gasteiger partial charge < -0.3 is 4.74 Å². The Morgan fingerprint density at radius 3 is 2.30 bits per heavy atom. The molecule has 0 aromatic heterocycles. The largest absolute Gasteiger partial charge is 0.376 e. The van der Waals surface area contributed by atoms with E-state index in [1.54, 1.807) is 0 Å². The fourth-order valence-corrected chi connectivity index (χ4v) is 2.55. The molecule has 0 saturated carbocycles. The molecule has 20 heavy (non-hydrogen) atoms. The number of rotatable bonds is 7. The summed E-state index contributed by atoms with van der Waals surface area (Å²) in [6.45, 7) is 3.60. The molecule has 2 aromatic carbocycles. The Hall–Kier alpha value is -1.12. The minimum Gasteiger partial charge on any atom is -0.376 e. The third-order valence-corrected chi connectivity index (χ3v) is 4.24. The van der Waals surface area contributed by atoms with Crippen LogP contribution in [0.2, 0.25) is 0 Å². The molecule has 0 spiro atoms. The van der Waals surface area contributed by atoms with E-state index in [4.69, 9.17) is 4.74 Å². The lowest BCUT2D eigenvalue weighted by Gasteiger charge is -2.15. The summed E-state index contributed by atoms with van der Waals surface area (Å²) in [6, 6.07) is 19.1. The third kappa shape index (κ3) is 5.10. The first-order valence-electron chi connectivity index (χ1n) is 7.01. The maximum Gasteiger partial charge on any atom is 0.0717 e. The molecule has 1 nitrogen and oxygen atoms in total. The molecule has 0 bridgehead atoms. The SMILES string of the molecule is Cc1ccc(CC(CBr)COCc2ccccc2)cc1. The van der Waals surface area contributed by atoms with Crippen LogP contribution >= 0.6 is 15.9 Å². The first-order chi connectivity index (χ1) is 9.78. The Bertz CT molecular complexity index is 493. The van der Waals surface area contributed by atoms with Gasteiger partial charge in [-0.25, -0.2) is 0 Å². The van der Waals surface area contributed by atoms with Crippen LogP contribution in [0, 0.1) is 12.8 Å². The first-order valence-corrected chi connectivity index (χ1v) is 8.13. The van der Waals surface area contributed by atoms with Crippen LogP contribution in [0.4, 0.5) is 0 Å². The van der Waals surface area contributed by atoms with Crippen LogP contribution < -0.4 is 0 Å². The van der Waals surface area contributed by atoms with E-state index in [2.05, 4.69) is 59.3 Å². The number of alkyl halides is 1. The number of hydrogen-bond donors (Lipinski definition) is 0. The molecule has 0 aliphatic carbocycles. The molecule has 0 aliphatic heterocycles. The predicted molar refractivity (Wildman–Crippen MR) is 88.3 cm³/mol. The Kier molecular flexibility index (Phi) is 6.28. The molecular formula is C18H21BrO. The van der Waals surface area contributed by atoms with E-state index in [0.717, 1.165) is 18.4 Å². The van der Waals surface area contributed by atoms with Crippen molar-refractivity contribution in [2.45, 2.75) is 20.0 Å². The van der Waals surface area contributed by atoms with E-state index in [-0.39, 0.29) is 0 Å². The van der Waals surface area contributed by atoms with Gasteiger partial charge in [0.25, 0.3) is 0 Å². The smallest absolute Gasteiger partial charge is 0.0717 e. The molecule has 2 heteroatoms. The standard InChI is InChI=1S/C18H21BrO/c1-15-7-9-16(10-8-15)11-18(12-19)14-20-13-17-5-3-2-4-6-17/h2-10,18H,11-14H2,1H3. The lowest BCUT2D eigenvalue weighted by molar-refractivity contribution is 0.0938. The molecule has 1 atom stereocenters. The normalized spacial score (nSPS) is 12.3. The van der Waals surface area contributed by atoms with Gasteiger partial charge in [-0.15, -0.1) is 0 Å². The van der Waals surface area contributed by atoms with E-state index in [1.807, 2.05) is 18.2 Å². The zero-order valence-corrected chi connectivity index (χ0v) is 13.5. The van der Waals surface area contributed by atoms with Gasteiger partial charge >= 0.3 is 0 Å². The molecule has 0 radical (unpaired) electrons. The Morgan fingerprint density at radius 2 is 1.65 bits per heavy atom. The van der Waals surface area contributed by atoms with Gasteiger partial charge in [-0.1, -0.05) is 76.1 Å². The van der Waals surface area contributed by atoms with Gasteiger partial charge in [-0.2, -0.15) is 0 Å². The summed E-state index contributed by atoms with van der Waals surface area (Å²) in [5, 5.41) is 0.968. The molecular weight excluding hydrogens is 312 g/mol. The van der Waals surface area contributed by atoms with Gasteiger partial charge in [0.2, 0.25) is 0 Å². The number of aryl methyl sites for hydroxylation is 1. The molecule has 0 fully saturated rings. The molecule has 0 aliphatic rings. The molecule has 1 unspecified atom stereocenters. The fraction of sp³-hybridized carbons (Fsp3) is 0.333. The Balaban J connectivity index is 1.79. The van der Waals surface area contributed by atoms with Gasteiger partial charge in [-0.3, -0.25) is 0 Å². The van der Waals surface area contributed by atoms with Crippen LogP contribution in [-0.4, -0.2) is 11.9 Å². The molecule has 0 saturated heterocycles. The lowest BCUT2D eigenvalue weighted by Crippen LogP contribution is -2.14. The minimum absolute atomic E-state index is 0.515. The topological polar surface area (TPSA) is 9.23 Å². The van der Waals surface area contributed by atoms with Crippen LogP contribution in [0.3, 0.4) is 0 Å². The highest BCUT2D eigenvalue weighted by Crippen LogP contribution is 2.14. The average Bonchev–Trinajstić information content (AvgIpc) is 2.49. The van der Waals surface area contributed by atoms with E-state index >= 15 is 0 Å². The van der Waals surface area contributed by atoms with Crippen LogP contribution in [0.15, 0.2) is 54.6 Å². The zero-order chi connectivity index (χ0) is 14.2. The number of hydrogen-bond acceptors (Lipinski definition) is 1. The van der Waals surface area contributed by atoms with Gasteiger partial charge in [0.05, 0.1) is 13.2 Å². The summed E-state index contributed by atoms with van der Waals surface area (Å²) in [5.41, 5.74) is 3.92. The lowest BCUT2D eigenvalue weighted by atomic mass is 10.0. The zero-order valence-electron chi connectivity index (χ0n) is 11.9. The molecule has 2 aromatic rings. The van der Waals surface area contributed by atoms with Crippen molar-refractivity contribution < 1.29 is 4.74 Å². The Morgan fingerprint density at radius 1 is 0.950 bits per heavy atom. The van der Waals surface area contributed by atoms with E-state index in [9.17, 15) is 0 Å². The fourth-order valence-electron chi connectivity index (χ4n) is 2.13. The summed E-state index contributed by atoms with van der Waals surface area (Å²) in [6.07, 6.45) is 1.06. The predicted octanol–water partition coefficient (Wildman–Crippen LogP) is 4.77. The number of benzene rings is 2. The van der Waals surface area contributed by atoms with E-state index < -0.39 is 0 Å². The third-order valence-electron chi connectivity index (χ3n) is 3.33. The van der Waals surface area contributed by atoms with Crippen molar-refractivity contribution >= 4 is 15.9 Å². The van der Waals surface area contributed by atoms with Crippen molar-refractivity contribution in [1.29, 1.82) is 0 Å². The summed E-state index contributed by atoms with van der Waals surface area (Å²) in [5.74, 6) is 0.515. The number of ether oxygens (including phenoxy) is 1.